The van der Waals surface area contributed by atoms with Gasteiger partial charge < -0.3 is 0 Å². The molecule has 0 unspecified atom stereocenters. The summed E-state index contributed by atoms with van der Waals surface area (Å²) in [6.45, 7) is 2.17. The molecule has 1 fully saturated rings. The van der Waals surface area contributed by atoms with E-state index in [4.69, 9.17) is 22.2 Å². The van der Waals surface area contributed by atoms with Gasteiger partial charge in [-0.3, -0.25) is 0 Å². The molecule has 0 nitrogen and oxygen atoms in total. The molecule has 0 bridgehead atoms. The van der Waals surface area contributed by atoms with Gasteiger partial charge in [-0.15, -0.1) is 22.2 Å². The number of hydrogen-bond donors (Lipinski definition) is 0. The Kier molecular flexibility index (Phi) is 6.01. The van der Waals surface area contributed by atoms with Crippen LogP contribution in [-0.4, -0.2) is 6.69 Å². The summed E-state index contributed by atoms with van der Waals surface area (Å²) in [5.74, 6) is 1.72. The molecule has 112 valence electrons. The van der Waals surface area contributed by atoms with Crippen molar-refractivity contribution in [3.63, 3.8) is 0 Å². The maximum atomic E-state index is 6.44. The normalized spacial score (nSPS) is 23.8. The zero-order valence-electron chi connectivity index (χ0n) is 12.7. The second kappa shape index (κ2) is 7.33. The predicted octanol–water partition coefficient (Wildman–Crippen LogP) is 5.91. The van der Waals surface area contributed by atoms with Crippen molar-refractivity contribution < 1.29 is 0 Å². The van der Waals surface area contributed by atoms with Crippen LogP contribution in [0.2, 0.25) is 6.04 Å². The van der Waals surface area contributed by atoms with E-state index in [1.807, 2.05) is 0 Å². The van der Waals surface area contributed by atoms with E-state index < -0.39 is 6.69 Å². The van der Waals surface area contributed by atoms with Crippen LogP contribution in [0.3, 0.4) is 0 Å². The Balaban J connectivity index is 1.98. The number of halogens is 2. The summed E-state index contributed by atoms with van der Waals surface area (Å²) in [4.78, 5) is 0. The van der Waals surface area contributed by atoms with E-state index in [1.165, 1.54) is 44.1 Å². The van der Waals surface area contributed by atoms with Crippen LogP contribution in [0.5, 0.6) is 0 Å². The molecule has 1 aliphatic rings. The number of benzene rings is 1. The third-order valence-electron chi connectivity index (χ3n) is 4.79. The first-order valence-corrected chi connectivity index (χ1v) is 12.3. The van der Waals surface area contributed by atoms with Gasteiger partial charge in [0.25, 0.3) is 6.69 Å². The Morgan fingerprint density at radius 2 is 1.60 bits per heavy atom. The van der Waals surface area contributed by atoms with Crippen molar-refractivity contribution in [3.05, 3.63) is 29.8 Å². The van der Waals surface area contributed by atoms with Gasteiger partial charge in [-0.1, -0.05) is 51.0 Å². The average Bonchev–Trinajstić information content (AvgIpc) is 2.48. The largest absolute Gasteiger partial charge is 0.280 e. The zero-order valence-corrected chi connectivity index (χ0v) is 15.2. The van der Waals surface area contributed by atoms with Gasteiger partial charge in [0.1, 0.15) is 0 Å². The van der Waals surface area contributed by atoms with E-state index in [9.17, 15) is 0 Å². The van der Waals surface area contributed by atoms with Crippen LogP contribution < -0.4 is 5.19 Å². The van der Waals surface area contributed by atoms with E-state index in [0.29, 0.717) is 0 Å². The van der Waals surface area contributed by atoms with E-state index in [-0.39, 0.29) is 0 Å². The lowest BCUT2D eigenvalue weighted by atomic mass is 9.77. The third kappa shape index (κ3) is 4.02. The molecule has 0 saturated heterocycles. The summed E-state index contributed by atoms with van der Waals surface area (Å²) in [5.41, 5.74) is 1.48. The molecule has 0 aromatic heterocycles. The van der Waals surface area contributed by atoms with Crippen molar-refractivity contribution in [2.24, 2.45) is 5.92 Å². The van der Waals surface area contributed by atoms with Gasteiger partial charge in [0, 0.05) is 0 Å². The zero-order chi connectivity index (χ0) is 14.6. The van der Waals surface area contributed by atoms with Gasteiger partial charge in [0.15, 0.2) is 0 Å². The molecule has 0 heterocycles. The fraction of sp³-hybridized carbons (Fsp3) is 0.647. The summed E-state index contributed by atoms with van der Waals surface area (Å²) in [6.07, 6.45) is 8.25. The lowest BCUT2D eigenvalue weighted by Crippen LogP contribution is -2.35. The van der Waals surface area contributed by atoms with Crippen LogP contribution >= 0.6 is 22.2 Å². The lowest BCUT2D eigenvalue weighted by molar-refractivity contribution is 0.308. The predicted molar refractivity (Wildman–Crippen MR) is 93.6 cm³/mol. The van der Waals surface area contributed by atoms with Crippen molar-refractivity contribution >= 4 is 34.0 Å². The Labute approximate surface area is 134 Å². The highest BCUT2D eigenvalue weighted by Crippen LogP contribution is 2.37. The van der Waals surface area contributed by atoms with Crippen molar-refractivity contribution in [2.45, 2.75) is 64.3 Å². The highest BCUT2D eigenvalue weighted by Gasteiger charge is 2.29. The van der Waals surface area contributed by atoms with Crippen LogP contribution in [0.4, 0.5) is 0 Å². The Morgan fingerprint density at radius 1 is 1.00 bits per heavy atom. The summed E-state index contributed by atoms with van der Waals surface area (Å²) in [7, 11) is 0. The van der Waals surface area contributed by atoms with Gasteiger partial charge in [-0.2, -0.15) is 0 Å². The second-order valence-corrected chi connectivity index (χ2v) is 13.3. The van der Waals surface area contributed by atoms with E-state index >= 15 is 0 Å². The highest BCUT2D eigenvalue weighted by atomic mass is 35.7. The van der Waals surface area contributed by atoms with E-state index in [0.717, 1.165) is 23.1 Å². The van der Waals surface area contributed by atoms with Crippen molar-refractivity contribution in [2.75, 3.05) is 0 Å². The van der Waals surface area contributed by atoms with Crippen molar-refractivity contribution in [3.8, 4) is 0 Å². The van der Waals surface area contributed by atoms with Gasteiger partial charge in [0.05, 0.1) is 0 Å². The number of rotatable bonds is 5. The summed E-state index contributed by atoms with van der Waals surface area (Å²) >= 11 is 12.9. The van der Waals surface area contributed by atoms with Crippen LogP contribution in [0.15, 0.2) is 24.3 Å². The maximum Gasteiger partial charge on any atom is 0.280 e. The average molecular weight is 329 g/mol. The minimum Gasteiger partial charge on any atom is -0.140 e. The minimum absolute atomic E-state index is 0.750. The molecule has 2 rings (SSSR count). The molecular formula is C17H26Cl2Si. The third-order valence-corrected chi connectivity index (χ3v) is 9.77. The van der Waals surface area contributed by atoms with Crippen LogP contribution in [0.25, 0.3) is 0 Å². The quantitative estimate of drug-likeness (QED) is 0.465. The van der Waals surface area contributed by atoms with Crippen molar-refractivity contribution in [1.29, 1.82) is 0 Å². The van der Waals surface area contributed by atoms with Gasteiger partial charge >= 0.3 is 0 Å². The van der Waals surface area contributed by atoms with Crippen LogP contribution in [0.1, 0.15) is 63.9 Å². The fourth-order valence-corrected chi connectivity index (χ4v) is 5.21. The van der Waals surface area contributed by atoms with Crippen molar-refractivity contribution in [1.82, 2.24) is 0 Å². The fourth-order valence-electron chi connectivity index (χ4n) is 3.40. The van der Waals surface area contributed by atoms with Gasteiger partial charge in [-0.25, -0.2) is 0 Å². The molecule has 0 radical (unpaired) electrons. The smallest absolute Gasteiger partial charge is 0.140 e. The summed E-state index contributed by atoms with van der Waals surface area (Å²) < 4.78 is 0. The summed E-state index contributed by atoms with van der Waals surface area (Å²) in [6, 6.07) is 9.74. The minimum atomic E-state index is -2.20. The molecule has 1 aliphatic carbocycles. The number of hydrogen-bond acceptors (Lipinski definition) is 0. The Morgan fingerprint density at radius 3 is 2.10 bits per heavy atom. The molecule has 0 aliphatic heterocycles. The van der Waals surface area contributed by atoms with Gasteiger partial charge in [-0.05, 0) is 54.3 Å². The topological polar surface area (TPSA) is 0 Å². The molecule has 1 aromatic carbocycles. The van der Waals surface area contributed by atoms with Crippen LogP contribution in [-0.2, 0) is 0 Å². The molecule has 1 saturated carbocycles. The first-order valence-electron chi connectivity index (χ1n) is 8.05. The monoisotopic (exact) mass is 328 g/mol. The SMILES string of the molecule is CCCC1CCC(c2ccc([Si](Cl)(Cl)CC)cc2)CC1. The molecule has 20 heavy (non-hydrogen) atoms. The Hall–Kier alpha value is 0.0169. The van der Waals surface area contributed by atoms with E-state index in [2.05, 4.69) is 38.1 Å². The van der Waals surface area contributed by atoms with Crippen LogP contribution in [0, 0.1) is 5.92 Å². The summed E-state index contributed by atoms with van der Waals surface area (Å²) in [5, 5.41) is 1.16. The molecule has 1 aromatic rings. The molecule has 0 N–H and O–H groups in total. The lowest BCUT2D eigenvalue weighted by Gasteiger charge is -2.29. The van der Waals surface area contributed by atoms with E-state index in [1.54, 1.807) is 0 Å². The highest BCUT2D eigenvalue weighted by molar-refractivity contribution is 7.50. The Bertz CT molecular complexity index is 406. The maximum absolute atomic E-state index is 6.44. The first-order chi connectivity index (χ1) is 9.56. The second-order valence-electron chi connectivity index (χ2n) is 6.19. The molecule has 0 amide bonds. The molecule has 3 heteroatoms. The molecule has 0 atom stereocenters. The molecular weight excluding hydrogens is 303 g/mol. The molecule has 0 spiro atoms. The first kappa shape index (κ1) is 16.4. The van der Waals surface area contributed by atoms with Gasteiger partial charge in [0.2, 0.25) is 0 Å². The standard InChI is InChI=1S/C17H26Cl2Si/c1-3-5-14-6-8-15(9-7-14)16-10-12-17(13-11-16)20(18,19)4-2/h10-15H,3-9H2,1-2H3.